The van der Waals surface area contributed by atoms with E-state index in [0.29, 0.717) is 13.0 Å². The lowest BCUT2D eigenvalue weighted by atomic mass is 10.1. The van der Waals surface area contributed by atoms with Crippen LogP contribution in [0.1, 0.15) is 27.1 Å². The number of hydrogen-bond acceptors (Lipinski definition) is 3. The zero-order valence-electron chi connectivity index (χ0n) is 13.8. The van der Waals surface area contributed by atoms with Gasteiger partial charge < -0.3 is 14.9 Å². The van der Waals surface area contributed by atoms with Gasteiger partial charge in [0.2, 0.25) is 5.91 Å². The van der Waals surface area contributed by atoms with Crippen molar-refractivity contribution in [3.63, 3.8) is 0 Å². The Morgan fingerprint density at radius 2 is 1.76 bits per heavy atom. The first-order valence-corrected chi connectivity index (χ1v) is 7.96. The average molecular weight is 338 g/mol. The molecule has 1 atom stereocenters. The summed E-state index contributed by atoms with van der Waals surface area (Å²) in [6.45, 7) is 0.542. The van der Waals surface area contributed by atoms with Crippen molar-refractivity contribution in [2.45, 2.75) is 12.5 Å². The van der Waals surface area contributed by atoms with E-state index in [-0.39, 0.29) is 22.9 Å². The summed E-state index contributed by atoms with van der Waals surface area (Å²) < 4.78 is 0. The first kappa shape index (κ1) is 16.7. The molecule has 2 aromatic rings. The van der Waals surface area contributed by atoms with Crippen LogP contribution in [-0.4, -0.2) is 47.4 Å². The number of carboxylic acid groups (broad SMARTS) is 1. The van der Waals surface area contributed by atoms with Crippen molar-refractivity contribution >= 4 is 23.5 Å². The van der Waals surface area contributed by atoms with Gasteiger partial charge in [-0.25, -0.2) is 4.79 Å². The number of benzene rings is 2. The van der Waals surface area contributed by atoms with Crippen molar-refractivity contribution in [3.8, 4) is 0 Å². The summed E-state index contributed by atoms with van der Waals surface area (Å²) in [6, 6.07) is 14.6. The number of carbonyl (C=O) groups excluding carboxylic acids is 2. The quantitative estimate of drug-likeness (QED) is 0.927. The van der Waals surface area contributed by atoms with Gasteiger partial charge in [0.15, 0.2) is 0 Å². The number of amides is 2. The van der Waals surface area contributed by atoms with Crippen LogP contribution in [0, 0.1) is 0 Å². The maximum Gasteiger partial charge on any atom is 0.335 e. The van der Waals surface area contributed by atoms with E-state index in [1.807, 2.05) is 30.3 Å². The maximum atomic E-state index is 12.7. The highest BCUT2D eigenvalue weighted by atomic mass is 16.4. The van der Waals surface area contributed by atoms with Gasteiger partial charge in [-0.3, -0.25) is 9.59 Å². The molecule has 128 valence electrons. The van der Waals surface area contributed by atoms with Crippen LogP contribution in [0.25, 0.3) is 0 Å². The van der Waals surface area contributed by atoms with Gasteiger partial charge in [-0.1, -0.05) is 24.3 Å². The van der Waals surface area contributed by atoms with E-state index < -0.39 is 12.0 Å². The van der Waals surface area contributed by atoms with Crippen LogP contribution in [0.2, 0.25) is 0 Å². The summed E-state index contributed by atoms with van der Waals surface area (Å²) in [6.07, 6.45) is 0.536. The van der Waals surface area contributed by atoms with Crippen LogP contribution in [0.15, 0.2) is 54.6 Å². The zero-order valence-corrected chi connectivity index (χ0v) is 13.8. The summed E-state index contributed by atoms with van der Waals surface area (Å²) in [7, 11) is 1.58. The van der Waals surface area contributed by atoms with Gasteiger partial charge in [0.25, 0.3) is 5.91 Å². The van der Waals surface area contributed by atoms with E-state index in [4.69, 9.17) is 5.11 Å². The van der Waals surface area contributed by atoms with Gasteiger partial charge in [0.1, 0.15) is 6.04 Å². The van der Waals surface area contributed by atoms with Gasteiger partial charge >= 0.3 is 5.97 Å². The Labute approximate surface area is 145 Å². The van der Waals surface area contributed by atoms with Gasteiger partial charge in [-0.2, -0.15) is 0 Å². The van der Waals surface area contributed by atoms with Crippen molar-refractivity contribution in [3.05, 3.63) is 65.7 Å². The number of likely N-dealkylation sites (N-methyl/N-ethyl adjacent to an activating group) is 1. The largest absolute Gasteiger partial charge is 0.478 e. The fraction of sp³-hybridized carbons (Fsp3) is 0.211. The predicted octanol–water partition coefficient (Wildman–Crippen LogP) is 2.26. The number of aromatic carboxylic acids is 1. The summed E-state index contributed by atoms with van der Waals surface area (Å²) in [5.41, 5.74) is 1.11. The third-order valence-electron chi connectivity index (χ3n) is 4.39. The second kappa shape index (κ2) is 6.76. The second-order valence-corrected chi connectivity index (χ2v) is 5.93. The molecule has 1 fully saturated rings. The van der Waals surface area contributed by atoms with Crippen LogP contribution in [-0.2, 0) is 4.79 Å². The van der Waals surface area contributed by atoms with E-state index in [2.05, 4.69) is 0 Å². The highest BCUT2D eigenvalue weighted by molar-refractivity contribution is 6.04. The number of nitrogens with zero attached hydrogens (tertiary/aromatic N) is 2. The van der Waals surface area contributed by atoms with Gasteiger partial charge in [-0.15, -0.1) is 0 Å². The number of carbonyl (C=O) groups is 3. The Balaban J connectivity index is 1.78. The Morgan fingerprint density at radius 3 is 2.44 bits per heavy atom. The Hall–Kier alpha value is -3.15. The number of para-hydroxylation sites is 1. The molecule has 1 saturated heterocycles. The molecular formula is C19H18N2O4. The van der Waals surface area contributed by atoms with E-state index >= 15 is 0 Å². The van der Waals surface area contributed by atoms with Crippen molar-refractivity contribution in [2.75, 3.05) is 18.5 Å². The SMILES string of the molecule is CN(C(=O)c1cccc(C(=O)O)c1)[C@@H]1CCN(c2ccccc2)C1=O. The van der Waals surface area contributed by atoms with Crippen LogP contribution >= 0.6 is 0 Å². The Morgan fingerprint density at radius 1 is 1.08 bits per heavy atom. The van der Waals surface area contributed by atoms with Crippen LogP contribution in [0.5, 0.6) is 0 Å². The molecule has 0 aromatic heterocycles. The van der Waals surface area contributed by atoms with E-state index in [1.54, 1.807) is 18.0 Å². The monoisotopic (exact) mass is 338 g/mol. The first-order chi connectivity index (χ1) is 12.0. The highest BCUT2D eigenvalue weighted by Crippen LogP contribution is 2.24. The first-order valence-electron chi connectivity index (χ1n) is 7.96. The summed E-state index contributed by atoms with van der Waals surface area (Å²) in [4.78, 5) is 39.5. The highest BCUT2D eigenvalue weighted by Gasteiger charge is 2.37. The Kier molecular flexibility index (Phi) is 4.52. The Bertz CT molecular complexity index is 819. The third kappa shape index (κ3) is 3.24. The number of hydrogen-bond donors (Lipinski definition) is 1. The van der Waals surface area contributed by atoms with Crippen molar-refractivity contribution in [1.82, 2.24) is 4.90 Å². The summed E-state index contributed by atoms with van der Waals surface area (Å²) in [5.74, 6) is -1.59. The predicted molar refractivity (Wildman–Crippen MR) is 92.7 cm³/mol. The van der Waals surface area contributed by atoms with Crippen LogP contribution in [0.4, 0.5) is 5.69 Å². The molecule has 3 rings (SSSR count). The normalized spacial score (nSPS) is 16.8. The topological polar surface area (TPSA) is 77.9 Å². The third-order valence-corrected chi connectivity index (χ3v) is 4.39. The number of carboxylic acids is 1. The maximum absolute atomic E-state index is 12.7. The molecule has 0 bridgehead atoms. The lowest BCUT2D eigenvalue weighted by Gasteiger charge is -2.24. The molecule has 6 heteroatoms. The molecular weight excluding hydrogens is 320 g/mol. The van der Waals surface area contributed by atoms with Crippen molar-refractivity contribution in [2.24, 2.45) is 0 Å². The van der Waals surface area contributed by atoms with E-state index in [0.717, 1.165) is 5.69 Å². The average Bonchev–Trinajstić information content (AvgIpc) is 3.02. The van der Waals surface area contributed by atoms with Crippen molar-refractivity contribution in [1.29, 1.82) is 0 Å². The van der Waals surface area contributed by atoms with Gasteiger partial charge in [-0.05, 0) is 36.8 Å². The molecule has 1 heterocycles. The molecule has 6 nitrogen and oxygen atoms in total. The van der Waals surface area contributed by atoms with Gasteiger partial charge in [0.05, 0.1) is 5.56 Å². The zero-order chi connectivity index (χ0) is 18.0. The fourth-order valence-electron chi connectivity index (χ4n) is 3.02. The summed E-state index contributed by atoms with van der Waals surface area (Å²) in [5, 5.41) is 9.06. The second-order valence-electron chi connectivity index (χ2n) is 5.93. The molecule has 2 aromatic carbocycles. The molecule has 0 aliphatic carbocycles. The molecule has 1 aliphatic heterocycles. The van der Waals surface area contributed by atoms with E-state index in [1.165, 1.54) is 23.1 Å². The number of rotatable bonds is 4. The minimum absolute atomic E-state index is 0.0444. The summed E-state index contributed by atoms with van der Waals surface area (Å²) >= 11 is 0. The number of anilines is 1. The molecule has 0 spiro atoms. The lowest BCUT2D eigenvalue weighted by molar-refractivity contribution is -0.120. The van der Waals surface area contributed by atoms with E-state index in [9.17, 15) is 14.4 Å². The molecule has 1 N–H and O–H groups in total. The smallest absolute Gasteiger partial charge is 0.335 e. The lowest BCUT2D eigenvalue weighted by Crippen LogP contribution is -2.43. The van der Waals surface area contributed by atoms with Crippen molar-refractivity contribution < 1.29 is 19.5 Å². The molecule has 0 saturated carbocycles. The van der Waals surface area contributed by atoms with Gasteiger partial charge in [0, 0.05) is 24.8 Å². The van der Waals surface area contributed by atoms with Crippen LogP contribution < -0.4 is 4.90 Å². The molecule has 0 radical (unpaired) electrons. The molecule has 1 aliphatic rings. The van der Waals surface area contributed by atoms with Crippen LogP contribution in [0.3, 0.4) is 0 Å². The standard InChI is InChI=1S/C19H18N2O4/c1-20(17(22)13-6-5-7-14(12-13)19(24)25)16-10-11-21(18(16)23)15-8-3-2-4-9-15/h2-9,12,16H,10-11H2,1H3,(H,24,25)/t16-/m1/s1. The molecule has 25 heavy (non-hydrogen) atoms. The fourth-order valence-corrected chi connectivity index (χ4v) is 3.02. The minimum atomic E-state index is -1.09. The molecule has 0 unspecified atom stereocenters. The minimum Gasteiger partial charge on any atom is -0.478 e. The molecule has 2 amide bonds.